The highest BCUT2D eigenvalue weighted by Crippen LogP contribution is 2.24. The number of allylic oxidation sites excluding steroid dienone is 5. The van der Waals surface area contributed by atoms with Gasteiger partial charge in [-0.2, -0.15) is 0 Å². The Morgan fingerprint density at radius 2 is 1.89 bits per heavy atom. The lowest BCUT2D eigenvalue weighted by atomic mass is 9.90. The van der Waals surface area contributed by atoms with Crippen LogP contribution in [-0.4, -0.2) is 17.4 Å². The van der Waals surface area contributed by atoms with Crippen molar-refractivity contribution in [2.45, 2.75) is 38.3 Å². The third-order valence-corrected chi connectivity index (χ3v) is 2.18. The van der Waals surface area contributed by atoms with Crippen LogP contribution in [0.25, 0.3) is 0 Å². The van der Waals surface area contributed by atoms with Gasteiger partial charge in [0.2, 0.25) is 0 Å². The van der Waals surface area contributed by atoms with E-state index in [0.29, 0.717) is 12.2 Å². The monoisotopic (exact) mass is 249 g/mol. The molecule has 1 atom stereocenters. The first kappa shape index (κ1) is 16.4. The van der Waals surface area contributed by atoms with Crippen LogP contribution >= 0.6 is 0 Å². The lowest BCUT2D eigenvalue weighted by molar-refractivity contribution is -0.114. The van der Waals surface area contributed by atoms with Crippen LogP contribution in [0.1, 0.15) is 27.2 Å². The maximum atomic E-state index is 10.8. The minimum Gasteiger partial charge on any atom is -0.488 e. The van der Waals surface area contributed by atoms with Crippen LogP contribution in [0.5, 0.6) is 0 Å². The third-order valence-electron chi connectivity index (χ3n) is 2.18. The minimum absolute atomic E-state index is 0.417. The molecule has 0 aromatic heterocycles. The van der Waals surface area contributed by atoms with Crippen LogP contribution in [0.3, 0.4) is 0 Å². The first-order valence-electron chi connectivity index (χ1n) is 5.82. The highest BCUT2D eigenvalue weighted by atomic mass is 16.5. The summed E-state index contributed by atoms with van der Waals surface area (Å²) < 4.78 is 5.79. The van der Waals surface area contributed by atoms with Crippen LogP contribution in [0.4, 0.5) is 0 Å². The number of carbonyl (C=O) groups excluding carboxylic acids is 1. The number of ether oxygens (including phenoxy) is 1. The van der Waals surface area contributed by atoms with Gasteiger partial charge in [-0.15, -0.1) is 0 Å². The molecule has 0 aliphatic carbocycles. The van der Waals surface area contributed by atoms with Crippen molar-refractivity contribution in [1.29, 1.82) is 0 Å². The van der Waals surface area contributed by atoms with E-state index in [1.807, 2.05) is 19.9 Å². The average molecular weight is 249 g/mol. The molecule has 1 unspecified atom stereocenters. The number of carbonyl (C=O) groups is 1. The van der Waals surface area contributed by atoms with Gasteiger partial charge in [0, 0.05) is 6.42 Å². The van der Waals surface area contributed by atoms with Gasteiger partial charge in [-0.05, 0) is 32.9 Å². The summed E-state index contributed by atoms with van der Waals surface area (Å²) in [5.74, 6) is 0.625. The number of nitrogens with two attached hydrogens (primary N) is 1. The van der Waals surface area contributed by atoms with E-state index >= 15 is 0 Å². The summed E-state index contributed by atoms with van der Waals surface area (Å²) in [6, 6.07) is 0. The number of aldehydes is 1. The van der Waals surface area contributed by atoms with Crippen LogP contribution in [0.15, 0.2) is 49.3 Å². The highest BCUT2D eigenvalue weighted by Gasteiger charge is 2.30. The Bertz CT molecular complexity index is 363. The van der Waals surface area contributed by atoms with E-state index in [9.17, 15) is 4.79 Å². The van der Waals surface area contributed by atoms with Crippen LogP contribution in [0.2, 0.25) is 0 Å². The molecule has 0 spiro atoms. The molecule has 3 heteroatoms. The lowest BCUT2D eigenvalue weighted by Gasteiger charge is -2.32. The molecule has 0 fully saturated rings. The first-order valence-corrected chi connectivity index (χ1v) is 5.82. The Hall–Kier alpha value is -1.61. The zero-order valence-electron chi connectivity index (χ0n) is 11.5. The van der Waals surface area contributed by atoms with E-state index in [2.05, 4.69) is 13.2 Å². The maximum absolute atomic E-state index is 10.8. The van der Waals surface area contributed by atoms with Crippen molar-refractivity contribution in [1.82, 2.24) is 0 Å². The van der Waals surface area contributed by atoms with Crippen molar-refractivity contribution in [3.05, 3.63) is 49.3 Å². The van der Waals surface area contributed by atoms with Gasteiger partial charge in [-0.25, -0.2) is 0 Å². The van der Waals surface area contributed by atoms with Crippen LogP contribution < -0.4 is 5.73 Å². The van der Waals surface area contributed by atoms with Gasteiger partial charge in [0.05, 0.1) is 5.54 Å². The maximum Gasteiger partial charge on any atom is 0.139 e. The first-order chi connectivity index (χ1) is 8.26. The van der Waals surface area contributed by atoms with Gasteiger partial charge in [-0.3, -0.25) is 0 Å². The zero-order valence-corrected chi connectivity index (χ0v) is 11.5. The molecule has 18 heavy (non-hydrogen) atoms. The average Bonchev–Trinajstić information content (AvgIpc) is 2.26. The molecule has 2 N–H and O–H groups in total. The minimum atomic E-state index is -0.896. The molecular weight excluding hydrogens is 226 g/mol. The summed E-state index contributed by atoms with van der Waals surface area (Å²) in [5.41, 5.74) is 4.38. The molecule has 0 radical (unpaired) electrons. The normalized spacial score (nSPS) is 16.1. The molecule has 100 valence electrons. The molecule has 0 bridgehead atoms. The topological polar surface area (TPSA) is 52.3 Å². The summed E-state index contributed by atoms with van der Waals surface area (Å²) in [6.07, 6.45) is 9.83. The van der Waals surface area contributed by atoms with Gasteiger partial charge in [0.25, 0.3) is 0 Å². The largest absolute Gasteiger partial charge is 0.488 e. The van der Waals surface area contributed by atoms with E-state index in [0.717, 1.165) is 6.29 Å². The predicted molar refractivity (Wildman–Crippen MR) is 76.1 cm³/mol. The Morgan fingerprint density at radius 1 is 1.28 bits per heavy atom. The lowest BCUT2D eigenvalue weighted by Crippen LogP contribution is -2.45. The van der Waals surface area contributed by atoms with Crippen molar-refractivity contribution in [2.24, 2.45) is 5.73 Å². The Labute approximate surface area is 110 Å². The molecule has 0 aliphatic rings. The smallest absolute Gasteiger partial charge is 0.139 e. The van der Waals surface area contributed by atoms with Gasteiger partial charge in [0.1, 0.15) is 17.6 Å². The molecule has 0 saturated carbocycles. The molecule has 0 saturated heterocycles. The van der Waals surface area contributed by atoms with Gasteiger partial charge in [0.15, 0.2) is 0 Å². The Balaban J connectivity index is 4.77. The van der Waals surface area contributed by atoms with Crippen molar-refractivity contribution < 1.29 is 9.53 Å². The molecule has 0 heterocycles. The fraction of sp³-hybridized carbons (Fsp3) is 0.400. The number of rotatable bonds is 8. The van der Waals surface area contributed by atoms with E-state index in [1.54, 1.807) is 31.2 Å². The Kier molecular flexibility index (Phi) is 6.34. The summed E-state index contributed by atoms with van der Waals surface area (Å²) in [4.78, 5) is 10.8. The highest BCUT2D eigenvalue weighted by molar-refractivity contribution is 5.63. The van der Waals surface area contributed by atoms with Crippen molar-refractivity contribution in [3.63, 3.8) is 0 Å². The summed E-state index contributed by atoms with van der Waals surface area (Å²) >= 11 is 0. The fourth-order valence-electron chi connectivity index (χ4n) is 1.69. The summed E-state index contributed by atoms with van der Waals surface area (Å²) in [6.45, 7) is 12.7. The predicted octanol–water partition coefficient (Wildman–Crippen LogP) is 2.90. The summed E-state index contributed by atoms with van der Waals surface area (Å²) in [7, 11) is 0. The molecule has 0 rings (SSSR count). The van der Waals surface area contributed by atoms with E-state index < -0.39 is 11.1 Å². The SMILES string of the molecule is C=C/C=C\C=C(/C=C)OC(C)(C)CC(C)(N)C=O. The molecule has 0 aliphatic heterocycles. The van der Waals surface area contributed by atoms with Gasteiger partial charge < -0.3 is 15.3 Å². The fourth-order valence-corrected chi connectivity index (χ4v) is 1.69. The van der Waals surface area contributed by atoms with Crippen LogP contribution in [0, 0.1) is 0 Å². The van der Waals surface area contributed by atoms with E-state index in [-0.39, 0.29) is 0 Å². The molecule has 0 aromatic carbocycles. The molecule has 0 amide bonds. The second-order valence-electron chi connectivity index (χ2n) is 5.06. The standard InChI is InChI=1S/C15H23NO2/c1-6-8-9-10-13(7-2)18-14(3,4)11-15(5,16)12-17/h6-10,12H,1-2,11,16H2,3-5H3/b9-8-,13-10+. The van der Waals surface area contributed by atoms with Crippen molar-refractivity contribution in [2.75, 3.05) is 0 Å². The quantitative estimate of drug-likeness (QED) is 0.409. The molecule has 0 aromatic rings. The van der Waals surface area contributed by atoms with E-state index in [4.69, 9.17) is 10.5 Å². The second kappa shape index (κ2) is 6.97. The van der Waals surface area contributed by atoms with E-state index in [1.165, 1.54) is 0 Å². The number of hydrogen-bond acceptors (Lipinski definition) is 3. The van der Waals surface area contributed by atoms with Gasteiger partial charge in [-0.1, -0.05) is 31.4 Å². The molecular formula is C15H23NO2. The zero-order chi connectivity index (χ0) is 14.2. The van der Waals surface area contributed by atoms with Crippen molar-refractivity contribution >= 4 is 6.29 Å². The second-order valence-corrected chi connectivity index (χ2v) is 5.06. The van der Waals surface area contributed by atoms with Crippen LogP contribution in [-0.2, 0) is 9.53 Å². The van der Waals surface area contributed by atoms with Gasteiger partial charge >= 0.3 is 0 Å². The third kappa shape index (κ3) is 6.86. The molecule has 3 nitrogen and oxygen atoms in total. The number of hydrogen-bond donors (Lipinski definition) is 1. The summed E-state index contributed by atoms with van der Waals surface area (Å²) in [5, 5.41) is 0. The Morgan fingerprint density at radius 3 is 2.33 bits per heavy atom. The van der Waals surface area contributed by atoms with Crippen molar-refractivity contribution in [3.8, 4) is 0 Å².